The second kappa shape index (κ2) is 11.2. The molecule has 44 heavy (non-hydrogen) atoms. The topological polar surface area (TPSA) is 98.0 Å². The Kier molecular flexibility index (Phi) is 7.24. The molecule has 222 valence electrons. The molecule has 1 aliphatic carbocycles. The first-order chi connectivity index (χ1) is 21.3. The van der Waals surface area contributed by atoms with Gasteiger partial charge in [-0.05, 0) is 74.1 Å². The summed E-state index contributed by atoms with van der Waals surface area (Å²) >= 11 is 3.40. The molecule has 7 rings (SSSR count). The molecule has 4 unspecified atom stereocenters. The first-order valence-electron chi connectivity index (χ1n) is 14.8. The lowest BCUT2D eigenvalue weighted by Crippen LogP contribution is -2.45. The first kappa shape index (κ1) is 28.3. The van der Waals surface area contributed by atoms with Crippen LogP contribution in [-0.2, 0) is 14.4 Å². The molecule has 3 aliphatic heterocycles. The summed E-state index contributed by atoms with van der Waals surface area (Å²) < 4.78 is 0.744. The van der Waals surface area contributed by atoms with E-state index in [-0.39, 0.29) is 24.4 Å². The largest absolute Gasteiger partial charge is 0.271 e. The Balaban J connectivity index is 1.19. The number of hydrazone groups is 1. The number of nitrogens with zero attached hydrogens (tertiary/aromatic N) is 6. The summed E-state index contributed by atoms with van der Waals surface area (Å²) in [6.07, 6.45) is 4.98. The van der Waals surface area contributed by atoms with E-state index >= 15 is 0 Å². The van der Waals surface area contributed by atoms with Gasteiger partial charge in [0, 0.05) is 10.4 Å². The van der Waals surface area contributed by atoms with Crippen molar-refractivity contribution >= 4 is 51.1 Å². The summed E-state index contributed by atoms with van der Waals surface area (Å²) in [7, 11) is 0. The smallest absolute Gasteiger partial charge is 0.264 e. The van der Waals surface area contributed by atoms with Crippen molar-refractivity contribution in [3.05, 3.63) is 105 Å². The molecular formula is C34H31BrN6O3. The van der Waals surface area contributed by atoms with Gasteiger partial charge in [-0.25, -0.2) is 9.91 Å². The maximum absolute atomic E-state index is 14.1. The minimum Gasteiger partial charge on any atom is -0.271 e. The van der Waals surface area contributed by atoms with Crippen LogP contribution in [0.4, 0.5) is 5.69 Å². The monoisotopic (exact) mass is 650 g/mol. The normalized spacial score (nSPS) is 25.1. The molecule has 0 aromatic heterocycles. The summed E-state index contributed by atoms with van der Waals surface area (Å²) in [5, 5.41) is 16.2. The van der Waals surface area contributed by atoms with Crippen LogP contribution >= 0.6 is 15.9 Å². The number of halogens is 1. The van der Waals surface area contributed by atoms with Gasteiger partial charge in [0.15, 0.2) is 12.1 Å². The molecule has 0 spiro atoms. The quantitative estimate of drug-likeness (QED) is 0.308. The third kappa shape index (κ3) is 4.96. The zero-order valence-corrected chi connectivity index (χ0v) is 26.0. The molecule has 0 radical (unpaired) electrons. The summed E-state index contributed by atoms with van der Waals surface area (Å²) in [6, 6.07) is 21.4. The Morgan fingerprint density at radius 2 is 1.68 bits per heavy atom. The highest BCUT2D eigenvalue weighted by molar-refractivity contribution is 9.10. The highest BCUT2D eigenvalue weighted by Gasteiger charge is 2.55. The van der Waals surface area contributed by atoms with Crippen molar-refractivity contribution in [2.45, 2.75) is 51.2 Å². The molecule has 3 amide bonds. The Labute approximate surface area is 264 Å². The van der Waals surface area contributed by atoms with Crippen molar-refractivity contribution in [3.63, 3.8) is 0 Å². The number of aryl methyl sites for hydroxylation is 2. The van der Waals surface area contributed by atoms with E-state index < -0.39 is 23.9 Å². The van der Waals surface area contributed by atoms with Crippen molar-refractivity contribution in [2.24, 2.45) is 21.4 Å². The molecule has 2 fully saturated rings. The van der Waals surface area contributed by atoms with Crippen molar-refractivity contribution in [1.82, 2.24) is 10.0 Å². The highest BCUT2D eigenvalue weighted by atomic mass is 79.9. The van der Waals surface area contributed by atoms with Gasteiger partial charge in [0.1, 0.15) is 6.54 Å². The van der Waals surface area contributed by atoms with E-state index in [2.05, 4.69) is 87.8 Å². The van der Waals surface area contributed by atoms with Gasteiger partial charge in [0.05, 0.1) is 17.4 Å². The number of anilines is 1. The SMILES string of the molecule is Cc1ccc(/C=C2/CCCC3C2=NN(C(=O)CN2N=NC4C(=O)N(c5cccc(Br)c5)C(=O)C42)C3c2ccc(C)cc2)cc1. The van der Waals surface area contributed by atoms with Crippen molar-refractivity contribution < 1.29 is 14.4 Å². The first-order valence-corrected chi connectivity index (χ1v) is 15.6. The molecule has 9 nitrogen and oxygen atoms in total. The number of carbonyl (C=O) groups is 3. The summed E-state index contributed by atoms with van der Waals surface area (Å²) in [6.45, 7) is 3.89. The number of fused-ring (bicyclic) bond motifs is 2. The zero-order chi connectivity index (χ0) is 30.5. The van der Waals surface area contributed by atoms with Crippen LogP contribution < -0.4 is 4.90 Å². The van der Waals surface area contributed by atoms with E-state index in [1.807, 2.05) is 13.0 Å². The van der Waals surface area contributed by atoms with Crippen LogP contribution in [0.5, 0.6) is 0 Å². The lowest BCUT2D eigenvalue weighted by Gasteiger charge is -2.30. The molecule has 4 aliphatic rings. The minimum atomic E-state index is -0.987. The van der Waals surface area contributed by atoms with Gasteiger partial charge in [0.25, 0.3) is 17.7 Å². The van der Waals surface area contributed by atoms with E-state index in [4.69, 9.17) is 5.10 Å². The summed E-state index contributed by atoms with van der Waals surface area (Å²) in [5.74, 6) is -1.15. The molecule has 3 aromatic rings. The third-order valence-electron chi connectivity index (χ3n) is 8.82. The number of amides is 3. The average Bonchev–Trinajstić information content (AvgIpc) is 3.68. The predicted molar refractivity (Wildman–Crippen MR) is 170 cm³/mol. The predicted octanol–water partition coefficient (Wildman–Crippen LogP) is 6.18. The second-order valence-electron chi connectivity index (χ2n) is 11.8. The molecule has 1 saturated carbocycles. The summed E-state index contributed by atoms with van der Waals surface area (Å²) in [5.41, 5.74) is 6.98. The van der Waals surface area contributed by atoms with E-state index in [1.54, 1.807) is 23.2 Å². The van der Waals surface area contributed by atoms with Crippen molar-refractivity contribution in [2.75, 3.05) is 11.4 Å². The third-order valence-corrected chi connectivity index (χ3v) is 9.31. The Bertz CT molecular complexity index is 1750. The lowest BCUT2D eigenvalue weighted by atomic mass is 9.77. The highest BCUT2D eigenvalue weighted by Crippen LogP contribution is 2.45. The van der Waals surface area contributed by atoms with Gasteiger partial charge in [-0.1, -0.05) is 86.9 Å². The van der Waals surface area contributed by atoms with Crippen LogP contribution in [-0.4, -0.2) is 52.1 Å². The number of benzene rings is 3. The Morgan fingerprint density at radius 1 is 0.955 bits per heavy atom. The zero-order valence-electron chi connectivity index (χ0n) is 24.4. The van der Waals surface area contributed by atoms with Gasteiger partial charge in [0.2, 0.25) is 0 Å². The van der Waals surface area contributed by atoms with E-state index in [9.17, 15) is 14.4 Å². The van der Waals surface area contributed by atoms with Crippen molar-refractivity contribution in [1.29, 1.82) is 0 Å². The van der Waals surface area contributed by atoms with Gasteiger partial charge in [-0.15, -0.1) is 0 Å². The molecule has 3 aromatic carbocycles. The lowest BCUT2D eigenvalue weighted by molar-refractivity contribution is -0.136. The summed E-state index contributed by atoms with van der Waals surface area (Å²) in [4.78, 5) is 42.0. The molecule has 10 heteroatoms. The van der Waals surface area contributed by atoms with Crippen LogP contribution in [0.1, 0.15) is 47.6 Å². The van der Waals surface area contributed by atoms with Gasteiger partial charge >= 0.3 is 0 Å². The molecule has 4 atom stereocenters. The Hall–Kier alpha value is -4.44. The van der Waals surface area contributed by atoms with Crippen LogP contribution in [0, 0.1) is 19.8 Å². The second-order valence-corrected chi connectivity index (χ2v) is 12.8. The molecule has 0 bridgehead atoms. The van der Waals surface area contributed by atoms with E-state index in [0.29, 0.717) is 5.69 Å². The number of rotatable bonds is 5. The fraction of sp³-hybridized carbons (Fsp3) is 0.294. The number of hydrogen-bond acceptors (Lipinski definition) is 7. The van der Waals surface area contributed by atoms with Gasteiger partial charge in [-0.2, -0.15) is 10.2 Å². The fourth-order valence-corrected chi connectivity index (χ4v) is 6.99. The van der Waals surface area contributed by atoms with Crippen LogP contribution in [0.2, 0.25) is 0 Å². The number of allylic oxidation sites excluding steroid dienone is 1. The van der Waals surface area contributed by atoms with Crippen LogP contribution in [0.15, 0.2) is 98.3 Å². The fourth-order valence-electron chi connectivity index (χ4n) is 6.60. The van der Waals surface area contributed by atoms with Crippen LogP contribution in [0.3, 0.4) is 0 Å². The maximum atomic E-state index is 14.1. The van der Waals surface area contributed by atoms with Crippen LogP contribution in [0.25, 0.3) is 6.08 Å². The van der Waals surface area contributed by atoms with E-state index in [1.165, 1.54) is 10.6 Å². The number of hydrogen-bond donors (Lipinski definition) is 0. The van der Waals surface area contributed by atoms with Gasteiger partial charge in [-0.3, -0.25) is 19.4 Å². The maximum Gasteiger partial charge on any atom is 0.264 e. The Morgan fingerprint density at radius 3 is 2.41 bits per heavy atom. The molecule has 3 heterocycles. The molecular weight excluding hydrogens is 620 g/mol. The van der Waals surface area contributed by atoms with Crippen molar-refractivity contribution in [3.8, 4) is 0 Å². The molecule has 1 saturated heterocycles. The number of carbonyl (C=O) groups excluding carboxylic acids is 3. The van der Waals surface area contributed by atoms with E-state index in [0.717, 1.165) is 56.6 Å². The minimum absolute atomic E-state index is 0.0433. The van der Waals surface area contributed by atoms with Gasteiger partial charge < -0.3 is 0 Å². The number of imide groups is 1. The standard InChI is InChI=1S/C34H31BrN6O3/c1-20-9-13-22(14-10-20)17-24-5-3-8-27-29(24)37-41(31(27)23-15-11-21(2)12-16-23)28(42)19-39-32-30(36-38-39)33(43)40(34(32)44)26-7-4-6-25(35)18-26/h4,6-7,9-18,27,30-32H,3,5,8,19H2,1-2H3/b24-17-. The average molecular weight is 652 g/mol. The molecule has 0 N–H and O–H groups in total.